The Labute approximate surface area is 201 Å². The lowest BCUT2D eigenvalue weighted by Gasteiger charge is -2.41. The molecule has 0 saturated carbocycles. The van der Waals surface area contributed by atoms with Crippen LogP contribution in [0.25, 0.3) is 10.9 Å². The van der Waals surface area contributed by atoms with Crippen LogP contribution in [0.2, 0.25) is 0 Å². The van der Waals surface area contributed by atoms with Crippen LogP contribution in [0.4, 0.5) is 17.6 Å². The van der Waals surface area contributed by atoms with Gasteiger partial charge in [-0.2, -0.15) is 0 Å². The fourth-order valence-corrected chi connectivity index (χ4v) is 5.45. The van der Waals surface area contributed by atoms with E-state index in [1.165, 1.54) is 24.3 Å². The molecule has 0 amide bonds. The zero-order chi connectivity index (χ0) is 24.7. The number of H-pyrrole nitrogens is 1. The highest BCUT2D eigenvalue weighted by Crippen LogP contribution is 2.43. The summed E-state index contributed by atoms with van der Waals surface area (Å²) in [6, 6.07) is 5.85. The molecule has 5 nitrogen and oxygen atoms in total. The van der Waals surface area contributed by atoms with E-state index in [0.717, 1.165) is 5.56 Å². The summed E-state index contributed by atoms with van der Waals surface area (Å²) in [6.45, 7) is 3.42. The molecule has 2 aliphatic rings. The molecule has 5 rings (SSSR count). The largest absolute Gasteiger partial charge is 0.488 e. The maximum atomic E-state index is 15.5. The number of aliphatic hydroxyl groups is 1. The standard InChI is InChI=1S/C26H29F4N3O2/c1-15-9-20-19-10-16(28)3-4-23(19)31-25(20)26(33(15)7-8-34)24-21(29)11-17(12-22(24)30)35-18-13-32(14-18)6-2-5-27/h3-4,10-12,15,18,26,31,34H,2,5-9,13-14H2,1H3/t15-,26-/m0/s1. The average Bonchev–Trinajstić information content (AvgIpc) is 3.14. The molecule has 0 unspecified atom stereocenters. The van der Waals surface area contributed by atoms with Crippen LogP contribution in [0, 0.1) is 17.5 Å². The van der Waals surface area contributed by atoms with E-state index in [1.807, 2.05) is 16.7 Å². The molecule has 1 saturated heterocycles. The van der Waals surface area contributed by atoms with Crippen LogP contribution in [0.1, 0.15) is 36.2 Å². The maximum Gasteiger partial charge on any atom is 0.135 e. The van der Waals surface area contributed by atoms with Gasteiger partial charge < -0.3 is 14.8 Å². The van der Waals surface area contributed by atoms with Crippen molar-refractivity contribution in [3.63, 3.8) is 0 Å². The van der Waals surface area contributed by atoms with E-state index in [4.69, 9.17) is 4.74 Å². The SMILES string of the molecule is C[C@H]1Cc2c([nH]c3ccc(F)cc23)[C@H](c2c(F)cc(OC3CN(CCCF)C3)cc2F)N1CCO. The molecule has 3 aromatic rings. The predicted octanol–water partition coefficient (Wildman–Crippen LogP) is 4.34. The van der Waals surface area contributed by atoms with Crippen LogP contribution in [-0.4, -0.2) is 71.5 Å². The topological polar surface area (TPSA) is 51.7 Å². The highest BCUT2D eigenvalue weighted by Gasteiger charge is 2.39. The first-order chi connectivity index (χ1) is 16.9. The second-order valence-corrected chi connectivity index (χ2v) is 9.47. The van der Waals surface area contributed by atoms with E-state index < -0.39 is 17.7 Å². The third-order valence-corrected chi connectivity index (χ3v) is 7.09. The first-order valence-electron chi connectivity index (χ1n) is 12.0. The number of β-amino-alcohol motifs (C(OH)–C–C–N with tert-alkyl or cyclic N) is 1. The molecule has 1 aromatic heterocycles. The normalized spacial score (nSPS) is 21.3. The molecule has 0 bridgehead atoms. The van der Waals surface area contributed by atoms with Crippen LogP contribution >= 0.6 is 0 Å². The molecule has 3 heterocycles. The van der Waals surface area contributed by atoms with Crippen molar-refractivity contribution in [3.8, 4) is 5.75 Å². The van der Waals surface area contributed by atoms with Crippen LogP contribution in [0.3, 0.4) is 0 Å². The van der Waals surface area contributed by atoms with Crippen molar-refractivity contribution >= 4 is 10.9 Å². The molecule has 9 heteroatoms. The highest BCUT2D eigenvalue weighted by atomic mass is 19.1. The summed E-state index contributed by atoms with van der Waals surface area (Å²) in [5.74, 6) is -1.76. The molecule has 0 radical (unpaired) electrons. The lowest BCUT2D eigenvalue weighted by Crippen LogP contribution is -2.53. The molecular weight excluding hydrogens is 462 g/mol. The molecule has 0 aliphatic carbocycles. The third-order valence-electron chi connectivity index (χ3n) is 7.09. The van der Waals surface area contributed by atoms with E-state index in [-0.39, 0.29) is 49.1 Å². The Bertz CT molecular complexity index is 1190. The van der Waals surface area contributed by atoms with E-state index >= 15 is 8.78 Å². The summed E-state index contributed by atoms with van der Waals surface area (Å²) in [4.78, 5) is 7.15. The van der Waals surface area contributed by atoms with E-state index in [1.54, 1.807) is 6.07 Å². The molecule has 2 aromatic carbocycles. The number of hydrogen-bond donors (Lipinski definition) is 2. The zero-order valence-corrected chi connectivity index (χ0v) is 19.5. The minimum Gasteiger partial charge on any atom is -0.488 e. The summed E-state index contributed by atoms with van der Waals surface area (Å²) in [6.07, 6.45) is 0.812. The second-order valence-electron chi connectivity index (χ2n) is 9.47. The lowest BCUT2D eigenvalue weighted by molar-refractivity contribution is 0.0180. The van der Waals surface area contributed by atoms with Gasteiger partial charge in [0.1, 0.15) is 29.3 Å². The summed E-state index contributed by atoms with van der Waals surface area (Å²) >= 11 is 0. The Morgan fingerprint density at radius 1 is 1.09 bits per heavy atom. The molecule has 1 fully saturated rings. The number of fused-ring (bicyclic) bond motifs is 3. The van der Waals surface area contributed by atoms with Crippen molar-refractivity contribution in [1.29, 1.82) is 0 Å². The molecular formula is C26H29F4N3O2. The molecule has 35 heavy (non-hydrogen) atoms. The van der Waals surface area contributed by atoms with Crippen LogP contribution < -0.4 is 4.74 Å². The Morgan fingerprint density at radius 3 is 2.51 bits per heavy atom. The number of likely N-dealkylation sites (tertiary alicyclic amines) is 1. The zero-order valence-electron chi connectivity index (χ0n) is 19.5. The molecule has 2 N–H and O–H groups in total. The van der Waals surface area contributed by atoms with Crippen molar-refractivity contribution in [2.24, 2.45) is 0 Å². The first-order valence-corrected chi connectivity index (χ1v) is 12.0. The number of aliphatic hydroxyl groups excluding tert-OH is 1. The van der Waals surface area contributed by atoms with Gasteiger partial charge in [0.2, 0.25) is 0 Å². The number of rotatable bonds is 8. The van der Waals surface area contributed by atoms with Gasteiger partial charge in [0, 0.05) is 66.5 Å². The van der Waals surface area contributed by atoms with Crippen molar-refractivity contribution in [3.05, 3.63) is 64.6 Å². The number of aromatic nitrogens is 1. The number of ether oxygens (including phenoxy) is 1. The summed E-state index contributed by atoms with van der Waals surface area (Å²) in [5, 5.41) is 10.4. The van der Waals surface area contributed by atoms with E-state index in [0.29, 0.717) is 49.1 Å². The smallest absolute Gasteiger partial charge is 0.135 e. The van der Waals surface area contributed by atoms with Gasteiger partial charge in [-0.15, -0.1) is 0 Å². The minimum atomic E-state index is -0.815. The number of alkyl halides is 1. The van der Waals surface area contributed by atoms with Crippen molar-refractivity contribution < 1.29 is 27.4 Å². The van der Waals surface area contributed by atoms with Gasteiger partial charge in [-0.1, -0.05) is 0 Å². The highest BCUT2D eigenvalue weighted by molar-refractivity contribution is 5.85. The Morgan fingerprint density at radius 2 is 1.83 bits per heavy atom. The second kappa shape index (κ2) is 9.79. The number of hydrogen-bond acceptors (Lipinski definition) is 4. The Balaban J connectivity index is 1.48. The fraction of sp³-hybridized carbons (Fsp3) is 0.462. The lowest BCUT2D eigenvalue weighted by atomic mass is 9.88. The quantitative estimate of drug-likeness (QED) is 0.461. The number of aromatic amines is 1. The van der Waals surface area contributed by atoms with Crippen LogP contribution in [0.15, 0.2) is 30.3 Å². The van der Waals surface area contributed by atoms with Gasteiger partial charge in [-0.3, -0.25) is 14.2 Å². The minimum absolute atomic E-state index is 0.107. The molecule has 2 aliphatic heterocycles. The summed E-state index contributed by atoms with van der Waals surface area (Å²) in [7, 11) is 0. The van der Waals surface area contributed by atoms with Gasteiger partial charge in [0.25, 0.3) is 0 Å². The van der Waals surface area contributed by atoms with Gasteiger partial charge in [0.05, 0.1) is 19.3 Å². The van der Waals surface area contributed by atoms with E-state index in [2.05, 4.69) is 4.98 Å². The van der Waals surface area contributed by atoms with Gasteiger partial charge in [-0.05, 0) is 43.5 Å². The fourth-order valence-electron chi connectivity index (χ4n) is 5.45. The van der Waals surface area contributed by atoms with Crippen molar-refractivity contribution in [2.45, 2.75) is 38.0 Å². The third kappa shape index (κ3) is 4.52. The van der Waals surface area contributed by atoms with E-state index in [9.17, 15) is 13.9 Å². The van der Waals surface area contributed by atoms with Gasteiger partial charge in [-0.25, -0.2) is 13.2 Å². The first kappa shape index (κ1) is 24.1. The van der Waals surface area contributed by atoms with Crippen LogP contribution in [0.5, 0.6) is 5.75 Å². The summed E-state index contributed by atoms with van der Waals surface area (Å²) < 4.78 is 63.1. The molecule has 2 atom stereocenters. The number of nitrogens with zero attached hydrogens (tertiary/aromatic N) is 2. The summed E-state index contributed by atoms with van der Waals surface area (Å²) in [5.41, 5.74) is 1.99. The van der Waals surface area contributed by atoms with Gasteiger partial charge >= 0.3 is 0 Å². The number of halogens is 4. The Kier molecular flexibility index (Phi) is 6.74. The maximum absolute atomic E-state index is 15.5. The Hall–Kier alpha value is -2.62. The van der Waals surface area contributed by atoms with Crippen molar-refractivity contribution in [2.75, 3.05) is 39.5 Å². The predicted molar refractivity (Wildman–Crippen MR) is 125 cm³/mol. The van der Waals surface area contributed by atoms with Crippen molar-refractivity contribution in [1.82, 2.24) is 14.8 Å². The number of benzene rings is 2. The average molecular weight is 492 g/mol. The van der Waals surface area contributed by atoms with Crippen LogP contribution in [-0.2, 0) is 6.42 Å². The molecule has 0 spiro atoms. The number of nitrogens with one attached hydrogen (secondary N) is 1. The molecule has 188 valence electrons. The monoisotopic (exact) mass is 491 g/mol. The van der Waals surface area contributed by atoms with Gasteiger partial charge in [0.15, 0.2) is 0 Å².